The zero-order valence-electron chi connectivity index (χ0n) is 13.1. The number of aliphatic hydroxyl groups excluding tert-OH is 1. The fraction of sp³-hybridized carbons (Fsp3) is 0.800. The van der Waals surface area contributed by atoms with Crippen LogP contribution < -0.4 is 5.32 Å². The number of aliphatic hydroxyl groups is 1. The third-order valence-electron chi connectivity index (χ3n) is 3.66. The van der Waals surface area contributed by atoms with E-state index in [1.807, 2.05) is 0 Å². The van der Waals surface area contributed by atoms with Gasteiger partial charge < -0.3 is 10.4 Å². The highest BCUT2D eigenvalue weighted by atomic mass is 16.3. The normalized spacial score (nSPS) is 12.1. The van der Waals surface area contributed by atoms with Crippen molar-refractivity contribution in [1.29, 1.82) is 0 Å². The molecular weight excluding hydrogens is 238 g/mol. The molecule has 0 atom stereocenters. The van der Waals surface area contributed by atoms with Gasteiger partial charge in [0.05, 0.1) is 5.69 Å². The molecule has 0 spiro atoms. The predicted octanol–water partition coefficient (Wildman–Crippen LogP) is 2.41. The lowest BCUT2D eigenvalue weighted by molar-refractivity contribution is 0.207. The summed E-state index contributed by atoms with van der Waals surface area (Å²) in [6, 6.07) is 0. The highest BCUT2D eigenvalue weighted by Gasteiger charge is 2.17. The van der Waals surface area contributed by atoms with E-state index >= 15 is 0 Å². The minimum absolute atomic E-state index is 0.135. The van der Waals surface area contributed by atoms with Gasteiger partial charge in [-0.05, 0) is 32.1 Å². The van der Waals surface area contributed by atoms with Crippen molar-refractivity contribution in [2.24, 2.45) is 5.41 Å². The molecule has 1 aromatic rings. The molecule has 2 N–H and O–H groups in total. The fourth-order valence-electron chi connectivity index (χ4n) is 2.34. The van der Waals surface area contributed by atoms with E-state index in [0.29, 0.717) is 0 Å². The average molecular weight is 267 g/mol. The second-order valence-corrected chi connectivity index (χ2v) is 6.11. The van der Waals surface area contributed by atoms with Crippen LogP contribution in [0.1, 0.15) is 50.6 Å². The quantitative estimate of drug-likeness (QED) is 0.760. The summed E-state index contributed by atoms with van der Waals surface area (Å²) in [5.41, 5.74) is 3.84. The molecule has 110 valence electrons. The number of aryl methyl sites for hydroxylation is 2. The van der Waals surface area contributed by atoms with Crippen LogP contribution in [0.5, 0.6) is 0 Å². The molecule has 1 aromatic heterocycles. The number of hydrogen-bond acceptors (Lipinski definition) is 3. The third kappa shape index (κ3) is 4.62. The van der Waals surface area contributed by atoms with E-state index in [-0.39, 0.29) is 12.0 Å². The molecule has 0 amide bonds. The van der Waals surface area contributed by atoms with Crippen molar-refractivity contribution in [3.05, 3.63) is 17.0 Å². The second kappa shape index (κ2) is 7.06. The molecule has 0 fully saturated rings. The van der Waals surface area contributed by atoms with Gasteiger partial charge in [0.2, 0.25) is 0 Å². The fourth-order valence-corrected chi connectivity index (χ4v) is 2.34. The molecule has 1 heterocycles. The summed E-state index contributed by atoms with van der Waals surface area (Å²) in [5, 5.41) is 17.1. The van der Waals surface area contributed by atoms with Crippen LogP contribution in [-0.4, -0.2) is 28.0 Å². The SMILES string of the molecule is CCCn1nc(C)c(CNCC(C)(C)CCO)c1C. The zero-order chi connectivity index (χ0) is 14.5. The molecule has 0 radical (unpaired) electrons. The molecule has 0 unspecified atom stereocenters. The van der Waals surface area contributed by atoms with Gasteiger partial charge in [0.25, 0.3) is 0 Å². The Balaban J connectivity index is 2.58. The second-order valence-electron chi connectivity index (χ2n) is 6.11. The highest BCUT2D eigenvalue weighted by Crippen LogP contribution is 2.19. The standard InChI is InChI=1S/C15H29N3O/c1-6-8-18-13(3)14(12(2)17-18)10-16-11-15(4,5)7-9-19/h16,19H,6-11H2,1-5H3. The van der Waals surface area contributed by atoms with E-state index < -0.39 is 0 Å². The Hall–Kier alpha value is -0.870. The minimum Gasteiger partial charge on any atom is -0.396 e. The maximum atomic E-state index is 9.03. The first-order chi connectivity index (χ1) is 8.91. The molecule has 0 saturated carbocycles. The third-order valence-corrected chi connectivity index (χ3v) is 3.66. The van der Waals surface area contributed by atoms with Crippen LogP contribution >= 0.6 is 0 Å². The lowest BCUT2D eigenvalue weighted by Gasteiger charge is -2.24. The van der Waals surface area contributed by atoms with Crippen molar-refractivity contribution in [3.63, 3.8) is 0 Å². The molecule has 4 nitrogen and oxygen atoms in total. The Kier molecular flexibility index (Phi) is 6.01. The van der Waals surface area contributed by atoms with Crippen molar-refractivity contribution >= 4 is 0 Å². The number of nitrogens with zero attached hydrogens (tertiary/aromatic N) is 2. The van der Waals surface area contributed by atoms with Crippen LogP contribution in [-0.2, 0) is 13.1 Å². The Morgan fingerprint density at radius 3 is 2.58 bits per heavy atom. The molecule has 4 heteroatoms. The molecule has 0 aliphatic heterocycles. The molecule has 0 aliphatic carbocycles. The summed E-state index contributed by atoms with van der Waals surface area (Å²) in [6.45, 7) is 13.8. The lowest BCUT2D eigenvalue weighted by Crippen LogP contribution is -2.30. The van der Waals surface area contributed by atoms with Crippen LogP contribution in [0.15, 0.2) is 0 Å². The monoisotopic (exact) mass is 267 g/mol. The maximum Gasteiger partial charge on any atom is 0.0641 e. The van der Waals surface area contributed by atoms with E-state index in [1.54, 1.807) is 0 Å². The van der Waals surface area contributed by atoms with Gasteiger partial charge in [0.15, 0.2) is 0 Å². The molecule has 0 saturated heterocycles. The van der Waals surface area contributed by atoms with Crippen molar-refractivity contribution < 1.29 is 5.11 Å². The van der Waals surface area contributed by atoms with Crippen molar-refractivity contribution in [3.8, 4) is 0 Å². The van der Waals surface area contributed by atoms with E-state index in [9.17, 15) is 0 Å². The van der Waals surface area contributed by atoms with Crippen molar-refractivity contribution in [2.45, 2.75) is 60.5 Å². The Morgan fingerprint density at radius 1 is 1.32 bits per heavy atom. The molecule has 19 heavy (non-hydrogen) atoms. The molecule has 0 aromatic carbocycles. The van der Waals surface area contributed by atoms with Gasteiger partial charge in [-0.25, -0.2) is 0 Å². The van der Waals surface area contributed by atoms with E-state index in [0.717, 1.165) is 38.2 Å². The minimum atomic E-state index is 0.135. The maximum absolute atomic E-state index is 9.03. The Morgan fingerprint density at radius 2 is 2.00 bits per heavy atom. The predicted molar refractivity (Wildman–Crippen MR) is 79.2 cm³/mol. The zero-order valence-corrected chi connectivity index (χ0v) is 13.1. The lowest BCUT2D eigenvalue weighted by atomic mass is 9.90. The molecule has 1 rings (SSSR count). The van der Waals surface area contributed by atoms with Gasteiger partial charge in [-0.1, -0.05) is 20.8 Å². The summed E-state index contributed by atoms with van der Waals surface area (Å²) < 4.78 is 2.10. The topological polar surface area (TPSA) is 50.1 Å². The molecular formula is C15H29N3O. The summed E-state index contributed by atoms with van der Waals surface area (Å²) in [6.07, 6.45) is 1.94. The largest absolute Gasteiger partial charge is 0.396 e. The van der Waals surface area contributed by atoms with Gasteiger partial charge in [0.1, 0.15) is 0 Å². The Bertz CT molecular complexity index is 396. The van der Waals surface area contributed by atoms with Crippen molar-refractivity contribution in [1.82, 2.24) is 15.1 Å². The van der Waals surface area contributed by atoms with Gasteiger partial charge in [-0.2, -0.15) is 5.10 Å². The number of nitrogens with one attached hydrogen (secondary N) is 1. The summed E-state index contributed by atoms with van der Waals surface area (Å²) in [4.78, 5) is 0. The number of aromatic nitrogens is 2. The first-order valence-electron chi connectivity index (χ1n) is 7.25. The van der Waals surface area contributed by atoms with E-state index in [4.69, 9.17) is 5.11 Å². The Labute approximate surface area is 117 Å². The van der Waals surface area contributed by atoms with E-state index in [2.05, 4.69) is 49.7 Å². The van der Waals surface area contributed by atoms with Crippen LogP contribution in [0.4, 0.5) is 0 Å². The van der Waals surface area contributed by atoms with Gasteiger partial charge in [-0.15, -0.1) is 0 Å². The molecule has 0 aliphatic rings. The number of rotatable bonds is 8. The van der Waals surface area contributed by atoms with Gasteiger partial charge in [0, 0.05) is 37.5 Å². The van der Waals surface area contributed by atoms with E-state index in [1.165, 1.54) is 11.3 Å². The highest BCUT2D eigenvalue weighted by molar-refractivity contribution is 5.24. The average Bonchev–Trinajstić information content (AvgIpc) is 2.57. The van der Waals surface area contributed by atoms with Crippen LogP contribution in [0.2, 0.25) is 0 Å². The van der Waals surface area contributed by atoms with Crippen LogP contribution in [0, 0.1) is 19.3 Å². The first-order valence-corrected chi connectivity index (χ1v) is 7.25. The smallest absolute Gasteiger partial charge is 0.0641 e. The van der Waals surface area contributed by atoms with Crippen LogP contribution in [0.25, 0.3) is 0 Å². The summed E-state index contributed by atoms with van der Waals surface area (Å²) in [5.74, 6) is 0. The molecule has 0 bridgehead atoms. The number of hydrogen-bond donors (Lipinski definition) is 2. The summed E-state index contributed by atoms with van der Waals surface area (Å²) in [7, 11) is 0. The van der Waals surface area contributed by atoms with Gasteiger partial charge in [-0.3, -0.25) is 4.68 Å². The van der Waals surface area contributed by atoms with Gasteiger partial charge >= 0.3 is 0 Å². The first kappa shape index (κ1) is 16.2. The summed E-state index contributed by atoms with van der Waals surface area (Å²) >= 11 is 0. The van der Waals surface area contributed by atoms with Crippen molar-refractivity contribution in [2.75, 3.05) is 13.2 Å². The van der Waals surface area contributed by atoms with Crippen LogP contribution in [0.3, 0.4) is 0 Å².